The van der Waals surface area contributed by atoms with Crippen molar-refractivity contribution in [2.24, 2.45) is 0 Å². The number of amides is 1. The van der Waals surface area contributed by atoms with Gasteiger partial charge in [0.1, 0.15) is 0 Å². The van der Waals surface area contributed by atoms with Gasteiger partial charge >= 0.3 is 7.12 Å². The Balaban J connectivity index is 2.23. The van der Waals surface area contributed by atoms with E-state index in [1.807, 2.05) is 6.92 Å². The number of carbonyl (C=O) groups excluding carboxylic acids is 1. The molecule has 4 nitrogen and oxygen atoms in total. The Kier molecular flexibility index (Phi) is 3.49. The lowest BCUT2D eigenvalue weighted by atomic mass is 9.74. The van der Waals surface area contributed by atoms with Crippen molar-refractivity contribution in [2.75, 3.05) is 6.54 Å². The highest BCUT2D eigenvalue weighted by Crippen LogP contribution is 2.10. The molecule has 0 saturated heterocycles. The smallest absolute Gasteiger partial charge is 0.538 e. The minimum absolute atomic E-state index is 0.128. The molecule has 0 atom stereocenters. The van der Waals surface area contributed by atoms with Gasteiger partial charge in [-0.25, -0.2) is 0 Å². The average molecular weight is 231 g/mol. The first-order valence-corrected chi connectivity index (χ1v) is 5.64. The molecule has 0 unspecified atom stereocenters. The van der Waals surface area contributed by atoms with Crippen molar-refractivity contribution < 1.29 is 14.5 Å². The number of nitrogens with one attached hydrogen (secondary N) is 1. The Bertz CT molecular complexity index is 459. The predicted octanol–water partition coefficient (Wildman–Crippen LogP) is 0.515. The molecule has 2 N–H and O–H groups in total. The molecule has 2 rings (SSSR count). The van der Waals surface area contributed by atoms with Crippen LogP contribution in [0.2, 0.25) is 0 Å². The molecule has 0 spiro atoms. The van der Waals surface area contributed by atoms with Crippen molar-refractivity contribution in [2.45, 2.75) is 13.3 Å². The molecule has 1 heterocycles. The van der Waals surface area contributed by atoms with Gasteiger partial charge in [0.05, 0.1) is 6.26 Å². The van der Waals surface area contributed by atoms with Gasteiger partial charge in [0.25, 0.3) is 5.91 Å². The summed E-state index contributed by atoms with van der Waals surface area (Å²) in [6, 6.07) is 5.21. The average Bonchev–Trinajstić information content (AvgIpc) is 2.36. The van der Waals surface area contributed by atoms with E-state index < -0.39 is 7.12 Å². The Hall–Kier alpha value is -1.75. The molecule has 0 saturated carbocycles. The van der Waals surface area contributed by atoms with Crippen LogP contribution < -0.4 is 10.8 Å². The highest BCUT2D eigenvalue weighted by atomic mass is 16.5. The highest BCUT2D eigenvalue weighted by Gasteiger charge is 2.24. The summed E-state index contributed by atoms with van der Waals surface area (Å²) in [6.45, 7) is 2.64. The van der Waals surface area contributed by atoms with E-state index in [9.17, 15) is 9.82 Å². The zero-order chi connectivity index (χ0) is 12.3. The normalized spacial score (nSPS) is 12.9. The van der Waals surface area contributed by atoms with Crippen LogP contribution in [0, 0.1) is 0 Å². The van der Waals surface area contributed by atoms with Gasteiger partial charge in [-0.2, -0.15) is 0 Å². The first-order chi connectivity index (χ1) is 8.22. The zero-order valence-corrected chi connectivity index (χ0v) is 9.64. The molecule has 0 aliphatic carbocycles. The number of fused-ring (bicyclic) bond motifs is 1. The Morgan fingerprint density at radius 3 is 3.12 bits per heavy atom. The highest BCUT2D eigenvalue weighted by molar-refractivity contribution is 6.61. The Labute approximate surface area is 100 Å². The van der Waals surface area contributed by atoms with Crippen LogP contribution in [0.25, 0.3) is 6.08 Å². The van der Waals surface area contributed by atoms with Crippen LogP contribution in [0.15, 0.2) is 24.5 Å². The minimum Gasteiger partial charge on any atom is -0.538 e. The number of benzene rings is 1. The summed E-state index contributed by atoms with van der Waals surface area (Å²) in [6.07, 6.45) is 4.10. The number of hydrogen-bond donors (Lipinski definition) is 2. The van der Waals surface area contributed by atoms with Crippen molar-refractivity contribution in [3.63, 3.8) is 0 Å². The molecule has 0 bridgehead atoms. The maximum absolute atomic E-state index is 11.7. The van der Waals surface area contributed by atoms with Crippen LogP contribution in [-0.2, 0) is 4.65 Å². The molecule has 88 valence electrons. The molecule has 1 aliphatic heterocycles. The van der Waals surface area contributed by atoms with E-state index in [4.69, 9.17) is 4.65 Å². The van der Waals surface area contributed by atoms with Gasteiger partial charge in [0.2, 0.25) is 0 Å². The van der Waals surface area contributed by atoms with Gasteiger partial charge in [-0.05, 0) is 30.2 Å². The van der Waals surface area contributed by atoms with Crippen molar-refractivity contribution in [1.82, 2.24) is 5.32 Å². The number of rotatable bonds is 3. The van der Waals surface area contributed by atoms with E-state index in [1.54, 1.807) is 24.3 Å². The zero-order valence-electron chi connectivity index (χ0n) is 9.64. The van der Waals surface area contributed by atoms with E-state index in [2.05, 4.69) is 5.32 Å². The SMILES string of the molecule is CCCNC(=O)c1ccc2c(c1)B(O)OC=C2. The summed E-state index contributed by atoms with van der Waals surface area (Å²) in [5, 5.41) is 12.4. The monoisotopic (exact) mass is 231 g/mol. The topological polar surface area (TPSA) is 58.6 Å². The van der Waals surface area contributed by atoms with Crippen LogP contribution in [-0.4, -0.2) is 24.6 Å². The largest absolute Gasteiger partial charge is 0.560 e. The second-order valence-electron chi connectivity index (χ2n) is 3.89. The third-order valence-corrected chi connectivity index (χ3v) is 2.61. The lowest BCUT2D eigenvalue weighted by molar-refractivity contribution is 0.0954. The summed E-state index contributed by atoms with van der Waals surface area (Å²) in [7, 11) is -0.992. The van der Waals surface area contributed by atoms with Crippen LogP contribution in [0.4, 0.5) is 0 Å². The molecule has 1 aliphatic rings. The first kappa shape index (κ1) is 11.7. The van der Waals surface area contributed by atoms with Crippen LogP contribution in [0.3, 0.4) is 0 Å². The molecule has 1 aromatic carbocycles. The van der Waals surface area contributed by atoms with Gasteiger partial charge in [0.15, 0.2) is 0 Å². The predicted molar refractivity (Wildman–Crippen MR) is 66.8 cm³/mol. The van der Waals surface area contributed by atoms with Crippen molar-refractivity contribution in [3.05, 3.63) is 35.6 Å². The maximum Gasteiger partial charge on any atom is 0.560 e. The second kappa shape index (κ2) is 5.06. The van der Waals surface area contributed by atoms with Gasteiger partial charge in [-0.1, -0.05) is 13.0 Å². The van der Waals surface area contributed by atoms with Gasteiger partial charge in [-0.3, -0.25) is 4.79 Å². The summed E-state index contributed by atoms with van der Waals surface area (Å²) >= 11 is 0. The van der Waals surface area contributed by atoms with E-state index >= 15 is 0 Å². The molecule has 17 heavy (non-hydrogen) atoms. The van der Waals surface area contributed by atoms with Crippen molar-refractivity contribution in [3.8, 4) is 0 Å². The fourth-order valence-electron chi connectivity index (χ4n) is 1.68. The van der Waals surface area contributed by atoms with E-state index in [-0.39, 0.29) is 5.91 Å². The molecule has 5 heteroatoms. The third kappa shape index (κ3) is 2.50. The van der Waals surface area contributed by atoms with Crippen LogP contribution in [0.5, 0.6) is 0 Å². The molecule has 1 aromatic rings. The fourth-order valence-corrected chi connectivity index (χ4v) is 1.68. The number of carbonyl (C=O) groups is 1. The molecular weight excluding hydrogens is 217 g/mol. The Morgan fingerprint density at radius 2 is 2.35 bits per heavy atom. The van der Waals surface area contributed by atoms with Gasteiger partial charge in [0, 0.05) is 17.6 Å². The summed E-state index contributed by atoms with van der Waals surface area (Å²) in [4.78, 5) is 11.7. The van der Waals surface area contributed by atoms with Crippen molar-refractivity contribution in [1.29, 1.82) is 0 Å². The summed E-state index contributed by atoms with van der Waals surface area (Å²) < 4.78 is 4.96. The van der Waals surface area contributed by atoms with Crippen LogP contribution in [0.1, 0.15) is 29.3 Å². The van der Waals surface area contributed by atoms with Gasteiger partial charge in [-0.15, -0.1) is 0 Å². The third-order valence-electron chi connectivity index (χ3n) is 2.61. The molecule has 1 amide bonds. The first-order valence-electron chi connectivity index (χ1n) is 5.64. The standard InChI is InChI=1S/C12H14BNO3/c1-2-6-14-12(15)10-4-3-9-5-7-17-13(16)11(9)8-10/h3-5,7-8,16H,2,6H2,1H3,(H,14,15). The number of hydrogen-bond acceptors (Lipinski definition) is 3. The second-order valence-corrected chi connectivity index (χ2v) is 3.89. The van der Waals surface area contributed by atoms with Gasteiger partial charge < -0.3 is 15.0 Å². The molecule has 0 radical (unpaired) electrons. The van der Waals surface area contributed by atoms with E-state index in [0.29, 0.717) is 17.6 Å². The molecular formula is C12H14BNO3. The Morgan fingerprint density at radius 1 is 1.53 bits per heavy atom. The van der Waals surface area contributed by atoms with E-state index in [0.717, 1.165) is 12.0 Å². The lowest BCUT2D eigenvalue weighted by Gasteiger charge is -2.15. The molecule has 0 aromatic heterocycles. The van der Waals surface area contributed by atoms with E-state index in [1.165, 1.54) is 6.26 Å². The summed E-state index contributed by atoms with van der Waals surface area (Å²) in [5.74, 6) is -0.128. The van der Waals surface area contributed by atoms with Crippen molar-refractivity contribution >= 4 is 24.6 Å². The quantitative estimate of drug-likeness (QED) is 0.745. The fraction of sp³-hybridized carbons (Fsp3) is 0.250. The lowest BCUT2D eigenvalue weighted by Crippen LogP contribution is -2.37. The molecule has 0 fully saturated rings. The minimum atomic E-state index is -0.992. The van der Waals surface area contributed by atoms with Crippen LogP contribution >= 0.6 is 0 Å². The maximum atomic E-state index is 11.7. The summed E-state index contributed by atoms with van der Waals surface area (Å²) in [5.41, 5.74) is 2.03.